The van der Waals surface area contributed by atoms with E-state index >= 15 is 0 Å². The first kappa shape index (κ1) is 12.2. The predicted molar refractivity (Wildman–Crippen MR) is 68.4 cm³/mol. The fraction of sp³-hybridized carbons (Fsp3) is 0.133. The summed E-state index contributed by atoms with van der Waals surface area (Å²) in [6, 6.07) is 14.1. The molecule has 18 heavy (non-hydrogen) atoms. The fourth-order valence-corrected chi connectivity index (χ4v) is 1.63. The van der Waals surface area contributed by atoms with Gasteiger partial charge in [0.2, 0.25) is 0 Å². The lowest BCUT2D eigenvalue weighted by atomic mass is 10.1. The number of phenolic OH excluding ortho intramolecular Hbond substituents is 1. The van der Waals surface area contributed by atoms with Gasteiger partial charge >= 0.3 is 5.97 Å². The molecule has 0 aliphatic rings. The molecule has 0 heterocycles. The maximum atomic E-state index is 11.9. The number of carbonyl (C=O) groups excluding carboxylic acids is 1. The van der Waals surface area contributed by atoms with E-state index in [9.17, 15) is 9.90 Å². The average Bonchev–Trinajstić information content (AvgIpc) is 2.40. The second-order valence-corrected chi connectivity index (χ2v) is 4.06. The highest BCUT2D eigenvalue weighted by Gasteiger charge is 2.11. The van der Waals surface area contributed by atoms with Crippen molar-refractivity contribution in [3.8, 4) is 5.75 Å². The van der Waals surface area contributed by atoms with E-state index in [-0.39, 0.29) is 12.4 Å². The number of ether oxygens (including phenoxy) is 1. The van der Waals surface area contributed by atoms with Gasteiger partial charge in [0.1, 0.15) is 12.4 Å². The van der Waals surface area contributed by atoms with Gasteiger partial charge < -0.3 is 9.84 Å². The van der Waals surface area contributed by atoms with Crippen LogP contribution in [0.5, 0.6) is 5.75 Å². The van der Waals surface area contributed by atoms with Crippen molar-refractivity contribution in [3.05, 3.63) is 65.2 Å². The van der Waals surface area contributed by atoms with Gasteiger partial charge in [0.05, 0.1) is 5.56 Å². The molecule has 0 saturated heterocycles. The van der Waals surface area contributed by atoms with Crippen molar-refractivity contribution >= 4 is 5.97 Å². The minimum atomic E-state index is -0.424. The Labute approximate surface area is 106 Å². The fourth-order valence-electron chi connectivity index (χ4n) is 1.63. The van der Waals surface area contributed by atoms with Gasteiger partial charge in [-0.25, -0.2) is 4.79 Å². The number of benzene rings is 2. The molecule has 0 saturated carbocycles. The SMILES string of the molecule is Cc1ccc(O)cc1C(=O)OCc1ccccc1. The molecule has 0 spiro atoms. The summed E-state index contributed by atoms with van der Waals surface area (Å²) >= 11 is 0. The van der Waals surface area contributed by atoms with Crippen LogP contribution in [0.15, 0.2) is 48.5 Å². The highest BCUT2D eigenvalue weighted by Crippen LogP contribution is 2.17. The van der Waals surface area contributed by atoms with Crippen LogP contribution in [-0.2, 0) is 11.3 Å². The zero-order valence-corrected chi connectivity index (χ0v) is 10.1. The number of hydrogen-bond donors (Lipinski definition) is 1. The van der Waals surface area contributed by atoms with Gasteiger partial charge in [-0.3, -0.25) is 0 Å². The third kappa shape index (κ3) is 2.88. The van der Waals surface area contributed by atoms with Gasteiger partial charge in [0, 0.05) is 0 Å². The van der Waals surface area contributed by atoms with Crippen molar-refractivity contribution in [1.29, 1.82) is 0 Å². The Balaban J connectivity index is 2.06. The van der Waals surface area contributed by atoms with E-state index in [0.29, 0.717) is 5.56 Å². The van der Waals surface area contributed by atoms with E-state index in [2.05, 4.69) is 0 Å². The lowest BCUT2D eigenvalue weighted by Crippen LogP contribution is -2.06. The van der Waals surface area contributed by atoms with Crippen molar-refractivity contribution in [2.75, 3.05) is 0 Å². The summed E-state index contributed by atoms with van der Waals surface area (Å²) in [4.78, 5) is 11.9. The Morgan fingerprint density at radius 1 is 1.17 bits per heavy atom. The highest BCUT2D eigenvalue weighted by molar-refractivity contribution is 5.91. The zero-order chi connectivity index (χ0) is 13.0. The number of aryl methyl sites for hydroxylation is 1. The van der Waals surface area contributed by atoms with Crippen molar-refractivity contribution in [2.24, 2.45) is 0 Å². The summed E-state index contributed by atoms with van der Waals surface area (Å²) in [6.45, 7) is 2.04. The van der Waals surface area contributed by atoms with Gasteiger partial charge in [-0.05, 0) is 30.2 Å². The zero-order valence-electron chi connectivity index (χ0n) is 10.1. The molecule has 3 heteroatoms. The molecule has 0 bridgehead atoms. The summed E-state index contributed by atoms with van der Waals surface area (Å²) in [5.41, 5.74) is 2.11. The molecule has 2 aromatic carbocycles. The second kappa shape index (κ2) is 5.36. The second-order valence-electron chi connectivity index (χ2n) is 4.06. The number of hydrogen-bond acceptors (Lipinski definition) is 3. The van der Waals surface area contributed by atoms with E-state index in [1.54, 1.807) is 19.1 Å². The third-order valence-electron chi connectivity index (χ3n) is 2.65. The molecule has 0 atom stereocenters. The number of esters is 1. The predicted octanol–water partition coefficient (Wildman–Crippen LogP) is 3.06. The van der Waals surface area contributed by atoms with Gasteiger partial charge in [-0.15, -0.1) is 0 Å². The first-order chi connectivity index (χ1) is 8.66. The van der Waals surface area contributed by atoms with Crippen LogP contribution in [0.4, 0.5) is 0 Å². The lowest BCUT2D eigenvalue weighted by Gasteiger charge is -2.07. The molecule has 0 radical (unpaired) electrons. The van der Waals surface area contributed by atoms with Crippen LogP contribution in [0, 0.1) is 6.92 Å². The highest BCUT2D eigenvalue weighted by atomic mass is 16.5. The van der Waals surface area contributed by atoms with Crippen LogP contribution in [0.2, 0.25) is 0 Å². The van der Waals surface area contributed by atoms with Crippen LogP contribution >= 0.6 is 0 Å². The summed E-state index contributed by atoms with van der Waals surface area (Å²) in [7, 11) is 0. The molecule has 0 aliphatic carbocycles. The van der Waals surface area contributed by atoms with Crippen LogP contribution in [0.25, 0.3) is 0 Å². The van der Waals surface area contributed by atoms with Gasteiger partial charge in [-0.2, -0.15) is 0 Å². The minimum Gasteiger partial charge on any atom is -0.508 e. The molecular formula is C15H14O3. The van der Waals surface area contributed by atoms with Crippen molar-refractivity contribution in [2.45, 2.75) is 13.5 Å². The van der Waals surface area contributed by atoms with E-state index in [4.69, 9.17) is 4.74 Å². The topological polar surface area (TPSA) is 46.5 Å². The van der Waals surface area contributed by atoms with Gasteiger partial charge in [0.25, 0.3) is 0 Å². The standard InChI is InChI=1S/C15H14O3/c1-11-7-8-13(16)9-14(11)15(17)18-10-12-5-3-2-4-6-12/h2-9,16H,10H2,1H3. The number of carbonyl (C=O) groups is 1. The minimum absolute atomic E-state index is 0.0623. The van der Waals surface area contributed by atoms with Gasteiger partial charge in [0.15, 0.2) is 0 Å². The summed E-state index contributed by atoms with van der Waals surface area (Å²) in [5, 5.41) is 9.36. The Hall–Kier alpha value is -2.29. The summed E-state index contributed by atoms with van der Waals surface area (Å²) in [5.74, 6) is -0.362. The maximum absolute atomic E-state index is 11.9. The molecule has 1 N–H and O–H groups in total. The summed E-state index contributed by atoms with van der Waals surface area (Å²) < 4.78 is 5.20. The molecule has 2 aromatic rings. The largest absolute Gasteiger partial charge is 0.508 e. The van der Waals surface area contributed by atoms with E-state index in [0.717, 1.165) is 11.1 Å². The molecule has 0 amide bonds. The average molecular weight is 242 g/mol. The first-order valence-electron chi connectivity index (χ1n) is 5.67. The van der Waals surface area contributed by atoms with Gasteiger partial charge in [-0.1, -0.05) is 36.4 Å². The van der Waals surface area contributed by atoms with Crippen LogP contribution < -0.4 is 0 Å². The van der Waals surface area contributed by atoms with Crippen molar-refractivity contribution in [3.63, 3.8) is 0 Å². The molecular weight excluding hydrogens is 228 g/mol. The first-order valence-corrected chi connectivity index (χ1v) is 5.67. The molecule has 0 aromatic heterocycles. The van der Waals surface area contributed by atoms with Crippen molar-refractivity contribution in [1.82, 2.24) is 0 Å². The van der Waals surface area contributed by atoms with E-state index < -0.39 is 5.97 Å². The molecule has 0 fully saturated rings. The van der Waals surface area contributed by atoms with E-state index in [1.165, 1.54) is 6.07 Å². The van der Waals surface area contributed by atoms with Crippen LogP contribution in [-0.4, -0.2) is 11.1 Å². The Morgan fingerprint density at radius 3 is 2.61 bits per heavy atom. The Kier molecular flexibility index (Phi) is 3.63. The normalized spacial score (nSPS) is 10.1. The molecule has 3 nitrogen and oxygen atoms in total. The van der Waals surface area contributed by atoms with Crippen LogP contribution in [0.1, 0.15) is 21.5 Å². The lowest BCUT2D eigenvalue weighted by molar-refractivity contribution is 0.0471. The number of rotatable bonds is 3. The monoisotopic (exact) mass is 242 g/mol. The Morgan fingerprint density at radius 2 is 1.89 bits per heavy atom. The quantitative estimate of drug-likeness (QED) is 0.841. The number of aromatic hydroxyl groups is 1. The third-order valence-corrected chi connectivity index (χ3v) is 2.65. The summed E-state index contributed by atoms with van der Waals surface area (Å²) in [6.07, 6.45) is 0. The maximum Gasteiger partial charge on any atom is 0.338 e. The Bertz CT molecular complexity index is 547. The molecule has 0 aliphatic heterocycles. The van der Waals surface area contributed by atoms with Crippen molar-refractivity contribution < 1.29 is 14.6 Å². The molecule has 2 rings (SSSR count). The number of phenols is 1. The van der Waals surface area contributed by atoms with Crippen LogP contribution in [0.3, 0.4) is 0 Å². The molecule has 0 unspecified atom stereocenters. The van der Waals surface area contributed by atoms with E-state index in [1.807, 2.05) is 30.3 Å². The smallest absolute Gasteiger partial charge is 0.338 e. The molecule has 92 valence electrons.